The van der Waals surface area contributed by atoms with Crippen molar-refractivity contribution in [1.29, 1.82) is 10.5 Å². The first-order valence-electron chi connectivity index (χ1n) is 12.7. The fraction of sp³-hybridized carbons (Fsp3) is 0.138. The van der Waals surface area contributed by atoms with Crippen molar-refractivity contribution in [2.75, 3.05) is 10.6 Å². The molecule has 1 fully saturated rings. The Balaban J connectivity index is 1.49. The number of rotatable bonds is 7. The average molecular weight is 570 g/mol. The summed E-state index contributed by atoms with van der Waals surface area (Å²) in [6.07, 6.45) is 5.09. The van der Waals surface area contributed by atoms with Gasteiger partial charge in [0.2, 0.25) is 0 Å². The van der Waals surface area contributed by atoms with E-state index in [2.05, 4.69) is 38.1 Å². The lowest BCUT2D eigenvalue weighted by molar-refractivity contribution is 0.610. The summed E-state index contributed by atoms with van der Waals surface area (Å²) in [5.74, 6) is -0.435. The van der Waals surface area contributed by atoms with Gasteiger partial charge in [0.15, 0.2) is 0 Å². The first-order valence-corrected chi connectivity index (χ1v) is 13.0. The molecule has 3 aromatic carbocycles. The van der Waals surface area contributed by atoms with Gasteiger partial charge in [-0.25, -0.2) is 9.07 Å². The van der Waals surface area contributed by atoms with Gasteiger partial charge in [-0.15, -0.1) is 5.10 Å². The highest BCUT2D eigenvalue weighted by molar-refractivity contribution is 6.36. The van der Waals surface area contributed by atoms with Crippen LogP contribution in [0.25, 0.3) is 10.9 Å². The SMILES string of the molecule is [2H]C(Nc1cc(Cl)c2ncc(C#N)c(Nc3cccc(Cl)c3C#N)c2c1)(c1ccc(F)cc1)c1cn(C2CC2)nn1. The molecule has 0 spiro atoms. The highest BCUT2D eigenvalue weighted by atomic mass is 35.5. The second-order valence-electron chi connectivity index (χ2n) is 9.23. The van der Waals surface area contributed by atoms with Gasteiger partial charge in [-0.1, -0.05) is 46.6 Å². The van der Waals surface area contributed by atoms with Gasteiger partial charge in [0.1, 0.15) is 23.6 Å². The predicted molar refractivity (Wildman–Crippen MR) is 151 cm³/mol. The molecule has 1 aliphatic rings. The normalized spacial score (nSPS) is 14.6. The van der Waals surface area contributed by atoms with Gasteiger partial charge in [-0.05, 0) is 54.8 Å². The molecule has 0 saturated heterocycles. The van der Waals surface area contributed by atoms with E-state index in [-0.39, 0.29) is 27.2 Å². The molecule has 6 rings (SSSR count). The van der Waals surface area contributed by atoms with Crippen LogP contribution in [0.1, 0.15) is 48.7 Å². The number of halogens is 3. The van der Waals surface area contributed by atoms with Crippen molar-refractivity contribution < 1.29 is 5.76 Å². The van der Waals surface area contributed by atoms with Crippen molar-refractivity contribution in [2.24, 2.45) is 0 Å². The van der Waals surface area contributed by atoms with Crippen molar-refractivity contribution in [3.63, 3.8) is 0 Å². The number of aromatic nitrogens is 4. The van der Waals surface area contributed by atoms with E-state index >= 15 is 0 Å². The molecule has 196 valence electrons. The first kappa shape index (κ1) is 24.3. The molecule has 1 atom stereocenters. The summed E-state index contributed by atoms with van der Waals surface area (Å²) in [5.41, 5.74) is 2.73. The summed E-state index contributed by atoms with van der Waals surface area (Å²) in [6.45, 7) is 0. The summed E-state index contributed by atoms with van der Waals surface area (Å²) in [4.78, 5) is 4.38. The predicted octanol–water partition coefficient (Wildman–Crippen LogP) is 7.30. The molecule has 1 aliphatic carbocycles. The molecule has 40 heavy (non-hydrogen) atoms. The second kappa shape index (κ2) is 10.5. The Morgan fingerprint density at radius 1 is 1.07 bits per heavy atom. The fourth-order valence-electron chi connectivity index (χ4n) is 4.38. The Labute approximate surface area is 240 Å². The van der Waals surface area contributed by atoms with Crippen LogP contribution in [-0.2, 0) is 0 Å². The summed E-state index contributed by atoms with van der Waals surface area (Å²) in [6, 6.07) is 16.6. The maximum Gasteiger partial charge on any atom is 0.123 e. The Bertz CT molecular complexity index is 1890. The van der Waals surface area contributed by atoms with Crippen molar-refractivity contribution in [3.05, 3.63) is 105 Å². The van der Waals surface area contributed by atoms with Gasteiger partial charge in [0.05, 0.1) is 57.7 Å². The fourth-order valence-corrected chi connectivity index (χ4v) is 4.87. The van der Waals surface area contributed by atoms with E-state index in [0.29, 0.717) is 39.2 Å². The molecule has 0 amide bonds. The largest absolute Gasteiger partial charge is 0.373 e. The molecule has 2 aromatic heterocycles. The van der Waals surface area contributed by atoms with Gasteiger partial charge in [0, 0.05) is 17.3 Å². The number of nitrogens with one attached hydrogen (secondary N) is 2. The molecule has 2 heterocycles. The van der Waals surface area contributed by atoms with Crippen molar-refractivity contribution in [2.45, 2.75) is 24.9 Å². The lowest BCUT2D eigenvalue weighted by atomic mass is 10.0. The van der Waals surface area contributed by atoms with Crippen molar-refractivity contribution in [3.8, 4) is 12.1 Å². The number of pyridine rings is 1. The van der Waals surface area contributed by atoms with Crippen LogP contribution in [0.4, 0.5) is 21.5 Å². The molecule has 2 N–H and O–H groups in total. The molecule has 0 bridgehead atoms. The number of nitriles is 2. The average Bonchev–Trinajstić information content (AvgIpc) is 3.69. The summed E-state index contributed by atoms with van der Waals surface area (Å²) in [5, 5.41) is 35.4. The highest BCUT2D eigenvalue weighted by Crippen LogP contribution is 2.38. The molecule has 0 radical (unpaired) electrons. The molecule has 8 nitrogen and oxygen atoms in total. The molecule has 5 aromatic rings. The van der Waals surface area contributed by atoms with Gasteiger partial charge in [0.25, 0.3) is 0 Å². The van der Waals surface area contributed by atoms with Crippen LogP contribution in [0.15, 0.2) is 67.0 Å². The second-order valence-corrected chi connectivity index (χ2v) is 10.0. The number of fused-ring (bicyclic) bond motifs is 1. The maximum absolute atomic E-state index is 13.8. The van der Waals surface area contributed by atoms with E-state index in [4.69, 9.17) is 23.2 Å². The van der Waals surface area contributed by atoms with E-state index in [9.17, 15) is 16.3 Å². The van der Waals surface area contributed by atoms with Crippen LogP contribution in [0, 0.1) is 28.5 Å². The monoisotopic (exact) mass is 569 g/mol. The number of nitrogens with zero attached hydrogens (tertiary/aromatic N) is 6. The first-order chi connectivity index (χ1) is 19.8. The third kappa shape index (κ3) is 4.89. The molecular formula is C29H19Cl2FN8. The smallest absolute Gasteiger partial charge is 0.123 e. The Hall–Kier alpha value is -4.70. The molecule has 0 aliphatic heterocycles. The molecule has 11 heteroatoms. The van der Waals surface area contributed by atoms with Crippen molar-refractivity contribution >= 4 is 51.2 Å². The number of anilines is 3. The minimum Gasteiger partial charge on any atom is -0.373 e. The van der Waals surface area contributed by atoms with E-state index in [1.807, 2.05) is 0 Å². The van der Waals surface area contributed by atoms with E-state index in [1.165, 1.54) is 30.5 Å². The van der Waals surface area contributed by atoms with Gasteiger partial charge in [-0.3, -0.25) is 4.98 Å². The minimum absolute atomic E-state index is 0.206. The van der Waals surface area contributed by atoms with Gasteiger partial charge in [-0.2, -0.15) is 10.5 Å². The van der Waals surface area contributed by atoms with Gasteiger partial charge < -0.3 is 10.6 Å². The Kier molecular flexibility index (Phi) is 6.37. The zero-order chi connectivity index (χ0) is 28.7. The standard InChI is InChI=1S/C29H19Cl2FN8/c30-23-2-1-3-25(22(23)13-34)37-27-17(12-33)14-35-29-21(27)10-19(11-24(29)31)36-28(16-4-6-18(32)7-5-16)26-15-40(39-38-26)20-8-9-20/h1-7,10-11,14-15,20,28,36H,8-9H2,(H,35,37)/i28D. The van der Waals surface area contributed by atoms with Crippen LogP contribution >= 0.6 is 23.2 Å². The van der Waals surface area contributed by atoms with Crippen LogP contribution in [0.3, 0.4) is 0 Å². The highest BCUT2D eigenvalue weighted by Gasteiger charge is 2.27. The van der Waals surface area contributed by atoms with Crippen LogP contribution < -0.4 is 10.6 Å². The summed E-state index contributed by atoms with van der Waals surface area (Å²) in [7, 11) is 0. The molecule has 1 unspecified atom stereocenters. The van der Waals surface area contributed by atoms with E-state index < -0.39 is 11.8 Å². The molecular weight excluding hydrogens is 550 g/mol. The van der Waals surface area contributed by atoms with Crippen molar-refractivity contribution in [1.82, 2.24) is 20.0 Å². The summed E-state index contributed by atoms with van der Waals surface area (Å²) >= 11 is 12.9. The van der Waals surface area contributed by atoms with E-state index in [1.54, 1.807) is 41.2 Å². The Morgan fingerprint density at radius 2 is 1.88 bits per heavy atom. The van der Waals surface area contributed by atoms with E-state index in [0.717, 1.165) is 12.8 Å². The van der Waals surface area contributed by atoms with Crippen LogP contribution in [0.2, 0.25) is 10.0 Å². The number of hydrogen-bond donors (Lipinski definition) is 2. The number of benzene rings is 3. The lowest BCUT2D eigenvalue weighted by Gasteiger charge is -2.20. The van der Waals surface area contributed by atoms with Crippen LogP contribution in [-0.4, -0.2) is 20.0 Å². The lowest BCUT2D eigenvalue weighted by Crippen LogP contribution is -2.13. The topological polar surface area (TPSA) is 115 Å². The summed E-state index contributed by atoms with van der Waals surface area (Å²) < 4.78 is 25.1. The third-order valence-corrected chi connectivity index (χ3v) is 7.12. The quantitative estimate of drug-likeness (QED) is 0.211. The Morgan fingerprint density at radius 3 is 2.60 bits per heavy atom. The zero-order valence-electron chi connectivity index (χ0n) is 21.7. The number of hydrogen-bond acceptors (Lipinski definition) is 7. The third-order valence-electron chi connectivity index (χ3n) is 6.52. The molecule has 1 saturated carbocycles. The van der Waals surface area contributed by atoms with Crippen LogP contribution in [0.5, 0.6) is 0 Å². The minimum atomic E-state index is -1.67. The van der Waals surface area contributed by atoms with Gasteiger partial charge >= 0.3 is 0 Å². The zero-order valence-corrected chi connectivity index (χ0v) is 22.2. The maximum atomic E-state index is 13.8.